The summed E-state index contributed by atoms with van der Waals surface area (Å²) in [7, 11) is 0. The fourth-order valence-corrected chi connectivity index (χ4v) is 1.53. The van der Waals surface area contributed by atoms with Gasteiger partial charge in [-0.25, -0.2) is 4.39 Å². The molecule has 0 fully saturated rings. The number of halogens is 2. The molecule has 1 nitrogen and oxygen atoms in total. The van der Waals surface area contributed by atoms with Gasteiger partial charge < -0.3 is 0 Å². The van der Waals surface area contributed by atoms with Crippen molar-refractivity contribution in [3.8, 4) is 0 Å². The molecule has 0 saturated heterocycles. The number of thiophene rings is 1. The molecule has 0 bridgehead atoms. The van der Waals surface area contributed by atoms with Gasteiger partial charge in [0.25, 0.3) is 0 Å². The molecule has 0 radical (unpaired) electrons. The quantitative estimate of drug-likeness (QED) is 0.649. The van der Waals surface area contributed by atoms with Crippen LogP contribution in [0.3, 0.4) is 0 Å². The fraction of sp³-hybridized carbons (Fsp3) is 0. The molecule has 0 unspecified atom stereocenters. The highest BCUT2D eigenvalue weighted by molar-refractivity contribution is 9.11. The zero-order chi connectivity index (χ0) is 6.85. The van der Waals surface area contributed by atoms with Crippen LogP contribution in [0, 0.1) is 5.82 Å². The first-order chi connectivity index (χ1) is 4.25. The van der Waals surface area contributed by atoms with E-state index in [1.807, 2.05) is 0 Å². The van der Waals surface area contributed by atoms with Crippen molar-refractivity contribution in [3.05, 3.63) is 20.5 Å². The van der Waals surface area contributed by atoms with Crippen LogP contribution in [0.15, 0.2) is 9.17 Å². The highest BCUT2D eigenvalue weighted by Crippen LogP contribution is 2.24. The average Bonchev–Trinajstić information content (AvgIpc) is 2.15. The van der Waals surface area contributed by atoms with E-state index in [0.717, 1.165) is 0 Å². The maximum Gasteiger partial charge on any atom is 0.158 e. The summed E-state index contributed by atoms with van der Waals surface area (Å²) >= 11 is 4.11. The number of aldehydes is 1. The van der Waals surface area contributed by atoms with Crippen LogP contribution in [0.1, 0.15) is 10.4 Å². The Morgan fingerprint density at radius 3 is 2.67 bits per heavy atom. The van der Waals surface area contributed by atoms with Crippen molar-refractivity contribution < 1.29 is 9.18 Å². The van der Waals surface area contributed by atoms with Crippen molar-refractivity contribution in [2.24, 2.45) is 0 Å². The number of rotatable bonds is 1. The van der Waals surface area contributed by atoms with E-state index >= 15 is 0 Å². The van der Waals surface area contributed by atoms with E-state index in [4.69, 9.17) is 0 Å². The van der Waals surface area contributed by atoms with Crippen LogP contribution in [0.2, 0.25) is 0 Å². The van der Waals surface area contributed by atoms with Gasteiger partial charge in [-0.05, 0) is 15.9 Å². The molecular weight excluding hydrogens is 207 g/mol. The van der Waals surface area contributed by atoms with Crippen molar-refractivity contribution >= 4 is 33.6 Å². The third-order valence-electron chi connectivity index (χ3n) is 0.842. The summed E-state index contributed by atoms with van der Waals surface area (Å²) < 4.78 is 12.9. The molecule has 0 aromatic carbocycles. The molecule has 0 atom stereocenters. The molecule has 0 saturated carbocycles. The molecule has 0 N–H and O–H groups in total. The van der Waals surface area contributed by atoms with Crippen molar-refractivity contribution in [1.29, 1.82) is 0 Å². The average molecular weight is 209 g/mol. The lowest BCUT2D eigenvalue weighted by atomic mass is 10.4. The van der Waals surface area contributed by atoms with Gasteiger partial charge >= 0.3 is 0 Å². The van der Waals surface area contributed by atoms with Crippen LogP contribution >= 0.6 is 27.3 Å². The topological polar surface area (TPSA) is 17.1 Å². The summed E-state index contributed by atoms with van der Waals surface area (Å²) in [4.78, 5) is 9.99. The molecule has 4 heteroatoms. The molecule has 0 aliphatic carbocycles. The first-order valence-electron chi connectivity index (χ1n) is 2.13. The molecule has 0 spiro atoms. The summed E-state index contributed by atoms with van der Waals surface area (Å²) in [5.74, 6) is -0.463. The Kier molecular flexibility index (Phi) is 1.97. The Balaban J connectivity index is 3.18. The van der Waals surface area contributed by atoms with Crippen LogP contribution in [-0.2, 0) is 0 Å². The predicted molar refractivity (Wildman–Crippen MR) is 37.4 cm³/mol. The molecular formula is C5H2BrFOS. The smallest absolute Gasteiger partial charge is 0.158 e. The lowest BCUT2D eigenvalue weighted by Gasteiger charge is -1.79. The normalized spacial score (nSPS) is 9.56. The van der Waals surface area contributed by atoms with Gasteiger partial charge in [0.1, 0.15) is 3.79 Å². The van der Waals surface area contributed by atoms with E-state index < -0.39 is 5.82 Å². The highest BCUT2D eigenvalue weighted by Gasteiger charge is 2.06. The van der Waals surface area contributed by atoms with Crippen molar-refractivity contribution in [2.75, 3.05) is 0 Å². The van der Waals surface area contributed by atoms with Gasteiger partial charge in [-0.2, -0.15) is 0 Å². The second-order valence-electron chi connectivity index (χ2n) is 1.40. The van der Waals surface area contributed by atoms with E-state index in [1.54, 1.807) is 0 Å². The summed E-state index contributed by atoms with van der Waals surface area (Å²) in [5.41, 5.74) is 0.117. The minimum Gasteiger partial charge on any atom is -0.298 e. The summed E-state index contributed by atoms with van der Waals surface area (Å²) in [6, 6.07) is 0. The van der Waals surface area contributed by atoms with Crippen LogP contribution in [0.5, 0.6) is 0 Å². The van der Waals surface area contributed by atoms with E-state index in [1.165, 1.54) is 16.7 Å². The van der Waals surface area contributed by atoms with E-state index in [0.29, 0.717) is 10.1 Å². The minimum atomic E-state index is -0.463. The fourth-order valence-electron chi connectivity index (χ4n) is 0.412. The van der Waals surface area contributed by atoms with Crippen molar-refractivity contribution in [1.82, 2.24) is 0 Å². The van der Waals surface area contributed by atoms with Crippen LogP contribution in [0.4, 0.5) is 4.39 Å². The van der Waals surface area contributed by atoms with E-state index in [2.05, 4.69) is 15.9 Å². The predicted octanol–water partition coefficient (Wildman–Crippen LogP) is 2.46. The Hall–Kier alpha value is -0.220. The molecule has 1 aromatic rings. The molecule has 1 aromatic heterocycles. The SMILES string of the molecule is O=Cc1csc(Br)c1F. The van der Waals surface area contributed by atoms with E-state index in [-0.39, 0.29) is 5.56 Å². The van der Waals surface area contributed by atoms with Gasteiger partial charge in [-0.15, -0.1) is 11.3 Å². The van der Waals surface area contributed by atoms with Gasteiger partial charge in [-0.1, -0.05) is 0 Å². The zero-order valence-corrected chi connectivity index (χ0v) is 6.63. The first kappa shape index (κ1) is 6.89. The minimum absolute atomic E-state index is 0.117. The molecule has 1 heterocycles. The molecule has 1 rings (SSSR count). The van der Waals surface area contributed by atoms with Crippen molar-refractivity contribution in [2.45, 2.75) is 0 Å². The van der Waals surface area contributed by atoms with Gasteiger partial charge in [0.2, 0.25) is 0 Å². The summed E-state index contributed by atoms with van der Waals surface area (Å²) in [6.07, 6.45) is 0.497. The first-order valence-corrected chi connectivity index (χ1v) is 3.80. The molecule has 0 amide bonds. The lowest BCUT2D eigenvalue weighted by molar-refractivity contribution is 0.112. The number of carbonyl (C=O) groups is 1. The van der Waals surface area contributed by atoms with Crippen LogP contribution in [-0.4, -0.2) is 6.29 Å². The molecule has 9 heavy (non-hydrogen) atoms. The third kappa shape index (κ3) is 1.19. The number of hydrogen-bond acceptors (Lipinski definition) is 2. The number of hydrogen-bond donors (Lipinski definition) is 0. The van der Waals surface area contributed by atoms with Crippen LogP contribution < -0.4 is 0 Å². The van der Waals surface area contributed by atoms with Crippen LogP contribution in [0.25, 0.3) is 0 Å². The molecule has 0 aliphatic rings. The van der Waals surface area contributed by atoms with Gasteiger partial charge in [0.15, 0.2) is 12.1 Å². The standard InChI is InChI=1S/C5H2BrFOS/c6-5-4(7)3(1-8)2-9-5/h1-2H. The van der Waals surface area contributed by atoms with Gasteiger partial charge in [-0.3, -0.25) is 4.79 Å². The largest absolute Gasteiger partial charge is 0.298 e. The van der Waals surface area contributed by atoms with Crippen molar-refractivity contribution in [3.63, 3.8) is 0 Å². The maximum atomic E-state index is 12.5. The number of carbonyl (C=O) groups excluding carboxylic acids is 1. The monoisotopic (exact) mass is 208 g/mol. The Bertz CT molecular complexity index is 233. The second kappa shape index (κ2) is 2.58. The Morgan fingerprint density at radius 2 is 2.44 bits per heavy atom. The lowest BCUT2D eigenvalue weighted by Crippen LogP contribution is -1.77. The Morgan fingerprint density at radius 1 is 1.78 bits per heavy atom. The third-order valence-corrected chi connectivity index (χ3v) is 2.51. The van der Waals surface area contributed by atoms with Gasteiger partial charge in [0, 0.05) is 5.38 Å². The van der Waals surface area contributed by atoms with Gasteiger partial charge in [0.05, 0.1) is 5.56 Å². The maximum absolute atomic E-state index is 12.5. The van der Waals surface area contributed by atoms with E-state index in [9.17, 15) is 9.18 Å². The highest BCUT2D eigenvalue weighted by atomic mass is 79.9. The molecule has 48 valence electrons. The molecule has 0 aliphatic heterocycles. The summed E-state index contributed by atoms with van der Waals surface area (Å²) in [6.45, 7) is 0. The second-order valence-corrected chi connectivity index (χ2v) is 3.59. The summed E-state index contributed by atoms with van der Waals surface area (Å²) in [5, 5.41) is 1.46. The zero-order valence-electron chi connectivity index (χ0n) is 4.23. The Labute approximate surface area is 63.6 Å².